The standard InChI is InChI=1S/C12H23N3O2/c1-10-9-15(12(16)11-7-13-8-11)4-3-14(10)5-6-17-2/h10-11,13H,3-9H2,1-2H3. The van der Waals surface area contributed by atoms with E-state index in [-0.39, 0.29) is 5.92 Å². The second-order valence-electron chi connectivity index (χ2n) is 5.02. The predicted octanol–water partition coefficient (Wildman–Crippen LogP) is -0.615. The number of amides is 1. The first-order valence-electron chi connectivity index (χ1n) is 6.45. The van der Waals surface area contributed by atoms with Gasteiger partial charge in [-0.15, -0.1) is 0 Å². The van der Waals surface area contributed by atoms with E-state index in [4.69, 9.17) is 4.74 Å². The average Bonchev–Trinajstić information content (AvgIpc) is 2.25. The van der Waals surface area contributed by atoms with Gasteiger partial charge in [0.1, 0.15) is 0 Å². The highest BCUT2D eigenvalue weighted by Gasteiger charge is 2.33. The van der Waals surface area contributed by atoms with Crippen LogP contribution in [-0.2, 0) is 9.53 Å². The fraction of sp³-hybridized carbons (Fsp3) is 0.917. The molecular weight excluding hydrogens is 218 g/mol. The summed E-state index contributed by atoms with van der Waals surface area (Å²) < 4.78 is 5.10. The summed E-state index contributed by atoms with van der Waals surface area (Å²) in [7, 11) is 1.73. The van der Waals surface area contributed by atoms with Gasteiger partial charge in [0.15, 0.2) is 0 Å². The molecule has 2 aliphatic rings. The van der Waals surface area contributed by atoms with E-state index in [1.807, 2.05) is 4.90 Å². The Morgan fingerprint density at radius 3 is 2.71 bits per heavy atom. The summed E-state index contributed by atoms with van der Waals surface area (Å²) in [4.78, 5) is 16.5. The number of nitrogens with one attached hydrogen (secondary N) is 1. The summed E-state index contributed by atoms with van der Waals surface area (Å²) in [6, 6.07) is 0.441. The van der Waals surface area contributed by atoms with Crippen LogP contribution in [-0.4, -0.2) is 74.7 Å². The summed E-state index contributed by atoms with van der Waals surface area (Å²) in [5, 5.41) is 3.15. The van der Waals surface area contributed by atoms with Crippen LogP contribution in [0.1, 0.15) is 6.92 Å². The van der Waals surface area contributed by atoms with E-state index in [0.717, 1.165) is 45.9 Å². The third kappa shape index (κ3) is 2.97. The number of nitrogens with zero attached hydrogens (tertiary/aromatic N) is 2. The lowest BCUT2D eigenvalue weighted by Gasteiger charge is -2.42. The lowest BCUT2D eigenvalue weighted by atomic mass is 10.0. The molecule has 5 nitrogen and oxygen atoms in total. The lowest BCUT2D eigenvalue weighted by molar-refractivity contribution is -0.140. The average molecular weight is 241 g/mol. The highest BCUT2D eigenvalue weighted by molar-refractivity contribution is 5.80. The number of carbonyl (C=O) groups is 1. The van der Waals surface area contributed by atoms with Crippen LogP contribution in [0.4, 0.5) is 0 Å². The summed E-state index contributed by atoms with van der Waals surface area (Å²) in [6.07, 6.45) is 0. The van der Waals surface area contributed by atoms with Gasteiger partial charge in [0.2, 0.25) is 5.91 Å². The summed E-state index contributed by atoms with van der Waals surface area (Å²) >= 11 is 0. The van der Waals surface area contributed by atoms with Gasteiger partial charge < -0.3 is 15.0 Å². The van der Waals surface area contributed by atoms with Crippen molar-refractivity contribution in [1.29, 1.82) is 0 Å². The molecule has 2 saturated heterocycles. The van der Waals surface area contributed by atoms with Crippen molar-refractivity contribution in [2.45, 2.75) is 13.0 Å². The van der Waals surface area contributed by atoms with Crippen LogP contribution in [0.2, 0.25) is 0 Å². The molecular formula is C12H23N3O2. The van der Waals surface area contributed by atoms with Crippen LogP contribution in [0, 0.1) is 5.92 Å². The van der Waals surface area contributed by atoms with Gasteiger partial charge in [0, 0.05) is 52.4 Å². The van der Waals surface area contributed by atoms with Crippen LogP contribution in [0.3, 0.4) is 0 Å². The van der Waals surface area contributed by atoms with Crippen LogP contribution in [0.25, 0.3) is 0 Å². The second kappa shape index (κ2) is 5.80. The van der Waals surface area contributed by atoms with Crippen LogP contribution >= 0.6 is 0 Å². The zero-order valence-corrected chi connectivity index (χ0v) is 10.8. The van der Waals surface area contributed by atoms with Crippen LogP contribution < -0.4 is 5.32 Å². The Labute approximate surface area is 103 Å². The number of hydrogen-bond donors (Lipinski definition) is 1. The molecule has 2 fully saturated rings. The highest BCUT2D eigenvalue weighted by Crippen LogP contribution is 2.14. The molecule has 5 heteroatoms. The SMILES string of the molecule is COCCN1CCN(C(=O)C2CNC2)CC1C. The Morgan fingerprint density at radius 2 is 2.18 bits per heavy atom. The van der Waals surface area contributed by atoms with Gasteiger partial charge in [0.25, 0.3) is 0 Å². The van der Waals surface area contributed by atoms with Crippen molar-refractivity contribution < 1.29 is 9.53 Å². The Morgan fingerprint density at radius 1 is 1.41 bits per heavy atom. The van der Waals surface area contributed by atoms with Crippen molar-refractivity contribution >= 4 is 5.91 Å². The van der Waals surface area contributed by atoms with Crippen molar-refractivity contribution in [3.8, 4) is 0 Å². The van der Waals surface area contributed by atoms with Gasteiger partial charge in [-0.2, -0.15) is 0 Å². The Bertz CT molecular complexity index is 268. The van der Waals surface area contributed by atoms with Gasteiger partial charge in [0.05, 0.1) is 12.5 Å². The summed E-state index contributed by atoms with van der Waals surface area (Å²) in [5.41, 5.74) is 0. The molecule has 98 valence electrons. The minimum absolute atomic E-state index is 0.229. The molecule has 2 heterocycles. The summed E-state index contributed by atoms with van der Waals surface area (Å²) in [6.45, 7) is 8.33. The highest BCUT2D eigenvalue weighted by atomic mass is 16.5. The van der Waals surface area contributed by atoms with Gasteiger partial charge >= 0.3 is 0 Å². The van der Waals surface area contributed by atoms with E-state index in [1.54, 1.807) is 7.11 Å². The fourth-order valence-corrected chi connectivity index (χ4v) is 2.46. The number of methoxy groups -OCH3 is 1. The molecule has 1 amide bonds. The Kier molecular flexibility index (Phi) is 4.36. The lowest BCUT2D eigenvalue weighted by Crippen LogP contribution is -2.59. The van der Waals surface area contributed by atoms with Crippen LogP contribution in [0.5, 0.6) is 0 Å². The zero-order valence-electron chi connectivity index (χ0n) is 10.8. The van der Waals surface area contributed by atoms with Crippen molar-refractivity contribution in [2.24, 2.45) is 5.92 Å². The first-order chi connectivity index (χ1) is 8.22. The maximum atomic E-state index is 12.1. The molecule has 0 aromatic heterocycles. The van der Waals surface area contributed by atoms with Crippen molar-refractivity contribution in [1.82, 2.24) is 15.1 Å². The largest absolute Gasteiger partial charge is 0.383 e. The Balaban J connectivity index is 1.79. The fourth-order valence-electron chi connectivity index (χ4n) is 2.46. The third-order valence-electron chi connectivity index (χ3n) is 3.79. The maximum Gasteiger partial charge on any atom is 0.228 e. The van der Waals surface area contributed by atoms with Crippen LogP contribution in [0.15, 0.2) is 0 Å². The molecule has 1 unspecified atom stereocenters. The van der Waals surface area contributed by atoms with E-state index in [1.165, 1.54) is 0 Å². The molecule has 1 atom stereocenters. The van der Waals surface area contributed by atoms with Gasteiger partial charge in [-0.05, 0) is 6.92 Å². The molecule has 1 N–H and O–H groups in total. The van der Waals surface area contributed by atoms with Crippen molar-refractivity contribution in [3.05, 3.63) is 0 Å². The van der Waals surface area contributed by atoms with E-state index in [2.05, 4.69) is 17.1 Å². The molecule has 0 aromatic rings. The summed E-state index contributed by atoms with van der Waals surface area (Å²) in [5.74, 6) is 0.565. The van der Waals surface area contributed by atoms with Gasteiger partial charge in [-0.3, -0.25) is 9.69 Å². The van der Waals surface area contributed by atoms with Crippen molar-refractivity contribution in [2.75, 3.05) is 53.0 Å². The number of hydrogen-bond acceptors (Lipinski definition) is 4. The molecule has 2 rings (SSSR count). The molecule has 2 aliphatic heterocycles. The Hall–Kier alpha value is -0.650. The first-order valence-corrected chi connectivity index (χ1v) is 6.45. The minimum atomic E-state index is 0.229. The van der Waals surface area contributed by atoms with Gasteiger partial charge in [-0.1, -0.05) is 0 Å². The normalized spacial score (nSPS) is 26.9. The van der Waals surface area contributed by atoms with E-state index in [0.29, 0.717) is 11.9 Å². The second-order valence-corrected chi connectivity index (χ2v) is 5.02. The van der Waals surface area contributed by atoms with E-state index < -0.39 is 0 Å². The van der Waals surface area contributed by atoms with E-state index in [9.17, 15) is 4.79 Å². The smallest absolute Gasteiger partial charge is 0.228 e. The zero-order chi connectivity index (χ0) is 12.3. The number of carbonyl (C=O) groups excluding carboxylic acids is 1. The molecule has 0 aliphatic carbocycles. The molecule has 0 spiro atoms. The first kappa shape index (κ1) is 12.8. The molecule has 0 aromatic carbocycles. The number of rotatable bonds is 4. The molecule has 0 radical (unpaired) electrons. The molecule has 0 saturated carbocycles. The van der Waals surface area contributed by atoms with E-state index >= 15 is 0 Å². The monoisotopic (exact) mass is 241 g/mol. The maximum absolute atomic E-state index is 12.1. The third-order valence-corrected chi connectivity index (χ3v) is 3.79. The van der Waals surface area contributed by atoms with Gasteiger partial charge in [-0.25, -0.2) is 0 Å². The molecule has 17 heavy (non-hydrogen) atoms. The molecule has 0 bridgehead atoms. The van der Waals surface area contributed by atoms with Crippen molar-refractivity contribution in [3.63, 3.8) is 0 Å². The topological polar surface area (TPSA) is 44.8 Å². The quantitative estimate of drug-likeness (QED) is 0.713. The predicted molar refractivity (Wildman–Crippen MR) is 65.9 cm³/mol. The number of ether oxygens (including phenoxy) is 1. The minimum Gasteiger partial charge on any atom is -0.383 e. The number of piperazine rings is 1.